The van der Waals surface area contributed by atoms with E-state index in [9.17, 15) is 14.9 Å². The van der Waals surface area contributed by atoms with Crippen LogP contribution in [0.5, 0.6) is 5.75 Å². The lowest BCUT2D eigenvalue weighted by Crippen LogP contribution is -2.19. The zero-order valence-electron chi connectivity index (χ0n) is 17.8. The highest BCUT2D eigenvalue weighted by atomic mass is 32.2. The average molecular weight is 478 g/mol. The lowest BCUT2D eigenvalue weighted by molar-refractivity contribution is -0.387. The van der Waals surface area contributed by atoms with Gasteiger partial charge in [-0.2, -0.15) is 0 Å². The smallest absolute Gasteiger partial charge is 0.283 e. The summed E-state index contributed by atoms with van der Waals surface area (Å²) in [6.07, 6.45) is 1.63. The molecule has 3 aromatic carbocycles. The van der Waals surface area contributed by atoms with Crippen molar-refractivity contribution in [3.8, 4) is 5.75 Å². The number of carbonyl (C=O) groups is 1. The summed E-state index contributed by atoms with van der Waals surface area (Å²) in [6.45, 7) is 1.99. The molecule has 0 saturated carbocycles. The summed E-state index contributed by atoms with van der Waals surface area (Å²) in [5, 5.41) is 14.8. The fourth-order valence-electron chi connectivity index (χ4n) is 2.99. The molecule has 1 aliphatic rings. The Bertz CT molecular complexity index is 1270. The molecule has 1 N–H and O–H groups in total. The van der Waals surface area contributed by atoms with E-state index in [-0.39, 0.29) is 11.6 Å². The van der Waals surface area contributed by atoms with Crippen molar-refractivity contribution in [1.82, 2.24) is 5.32 Å². The standard InChI is InChI=1S/C24H19N3O4S2/c1-15-3-10-19(11-4-15)32-21-12-5-16(13-20(21)27(29)30)14-22-23(28)26-24(33-22)25-17-6-8-18(31-2)9-7-17/h3-14H,1-2H3,(H,25,26,28). The van der Waals surface area contributed by atoms with Crippen molar-refractivity contribution < 1.29 is 14.5 Å². The quantitative estimate of drug-likeness (QED) is 0.268. The topological polar surface area (TPSA) is 93.8 Å². The zero-order valence-corrected chi connectivity index (χ0v) is 19.4. The van der Waals surface area contributed by atoms with Crippen LogP contribution in [0.3, 0.4) is 0 Å². The lowest BCUT2D eigenvalue weighted by atomic mass is 10.2. The van der Waals surface area contributed by atoms with Crippen molar-refractivity contribution in [3.63, 3.8) is 0 Å². The Balaban J connectivity index is 1.55. The molecule has 0 aliphatic carbocycles. The number of nitrogens with zero attached hydrogens (tertiary/aromatic N) is 2. The number of methoxy groups -OCH3 is 1. The second kappa shape index (κ2) is 9.93. The molecule has 9 heteroatoms. The van der Waals surface area contributed by atoms with Gasteiger partial charge in [0.1, 0.15) is 5.75 Å². The number of carbonyl (C=O) groups excluding carboxylic acids is 1. The number of benzene rings is 3. The zero-order chi connectivity index (χ0) is 23.4. The number of hydrogen-bond donors (Lipinski definition) is 1. The second-order valence-corrected chi connectivity index (χ2v) is 9.23. The number of amides is 1. The predicted octanol–water partition coefficient (Wildman–Crippen LogP) is 5.95. The third-order valence-electron chi connectivity index (χ3n) is 4.68. The second-order valence-electron chi connectivity index (χ2n) is 7.08. The highest BCUT2D eigenvalue weighted by Crippen LogP contribution is 2.36. The molecule has 0 radical (unpaired) electrons. The van der Waals surface area contributed by atoms with E-state index in [2.05, 4.69) is 10.3 Å². The van der Waals surface area contributed by atoms with Gasteiger partial charge in [0, 0.05) is 11.0 Å². The van der Waals surface area contributed by atoms with E-state index < -0.39 is 4.92 Å². The molecule has 0 aromatic heterocycles. The minimum absolute atomic E-state index is 0.00884. The van der Waals surface area contributed by atoms with Crippen molar-refractivity contribution >= 4 is 52.0 Å². The van der Waals surface area contributed by atoms with Gasteiger partial charge in [0.05, 0.1) is 27.5 Å². The van der Waals surface area contributed by atoms with E-state index in [4.69, 9.17) is 4.74 Å². The molecule has 166 valence electrons. The molecule has 1 heterocycles. The Morgan fingerprint density at radius 2 is 1.82 bits per heavy atom. The van der Waals surface area contributed by atoms with E-state index in [1.54, 1.807) is 49.6 Å². The van der Waals surface area contributed by atoms with Crippen LogP contribution in [0.25, 0.3) is 6.08 Å². The number of amidine groups is 1. The van der Waals surface area contributed by atoms with Gasteiger partial charge in [-0.1, -0.05) is 35.5 Å². The molecule has 1 amide bonds. The van der Waals surface area contributed by atoms with Crippen LogP contribution in [-0.4, -0.2) is 23.1 Å². The van der Waals surface area contributed by atoms with E-state index in [0.29, 0.717) is 32.0 Å². The summed E-state index contributed by atoms with van der Waals surface area (Å²) in [7, 11) is 1.59. The van der Waals surface area contributed by atoms with Gasteiger partial charge in [0.2, 0.25) is 0 Å². The third kappa shape index (κ3) is 5.63. The number of rotatable bonds is 6. The molecule has 33 heavy (non-hydrogen) atoms. The summed E-state index contributed by atoms with van der Waals surface area (Å²) >= 11 is 2.52. The summed E-state index contributed by atoms with van der Waals surface area (Å²) in [5.41, 5.74) is 2.36. The monoisotopic (exact) mass is 477 g/mol. The molecule has 1 aliphatic heterocycles. The predicted molar refractivity (Wildman–Crippen MR) is 132 cm³/mol. The SMILES string of the molecule is COc1ccc(N=C2NC(=O)C(=Cc3ccc(Sc4ccc(C)cc4)c([N+](=O)[O-])c3)S2)cc1. The van der Waals surface area contributed by atoms with Crippen LogP contribution in [0.2, 0.25) is 0 Å². The number of hydrogen-bond acceptors (Lipinski definition) is 7. The first-order chi connectivity index (χ1) is 15.9. The van der Waals surface area contributed by atoms with Gasteiger partial charge in [0.25, 0.3) is 11.6 Å². The molecule has 0 bridgehead atoms. The minimum atomic E-state index is -0.406. The third-order valence-corrected chi connectivity index (χ3v) is 6.66. The average Bonchev–Trinajstić information content (AvgIpc) is 3.15. The first-order valence-corrected chi connectivity index (χ1v) is 11.5. The van der Waals surface area contributed by atoms with E-state index >= 15 is 0 Å². The normalized spacial score (nSPS) is 15.6. The minimum Gasteiger partial charge on any atom is -0.497 e. The van der Waals surface area contributed by atoms with Crippen molar-refractivity contribution in [3.05, 3.63) is 92.9 Å². The first-order valence-electron chi connectivity index (χ1n) is 9.88. The summed E-state index contributed by atoms with van der Waals surface area (Å²) in [6, 6.07) is 19.9. The Kier molecular flexibility index (Phi) is 6.81. The maximum atomic E-state index is 12.4. The van der Waals surface area contributed by atoms with E-state index in [0.717, 1.165) is 10.5 Å². The first kappa shape index (κ1) is 22.6. The molecular formula is C24H19N3O4S2. The number of aryl methyl sites for hydroxylation is 1. The number of nitrogens with one attached hydrogen (secondary N) is 1. The molecule has 1 fully saturated rings. The Morgan fingerprint density at radius 1 is 1.09 bits per heavy atom. The summed E-state index contributed by atoms with van der Waals surface area (Å²) in [4.78, 5) is 30.0. The number of nitro benzene ring substituents is 1. The van der Waals surface area contributed by atoms with Gasteiger partial charge in [-0.05, 0) is 72.8 Å². The Hall–Kier alpha value is -3.56. The summed E-state index contributed by atoms with van der Waals surface area (Å²) < 4.78 is 5.13. The van der Waals surface area contributed by atoms with Gasteiger partial charge >= 0.3 is 0 Å². The fourth-order valence-corrected chi connectivity index (χ4v) is 4.73. The molecule has 0 unspecified atom stereocenters. The number of aliphatic imine (C=N–C) groups is 1. The van der Waals surface area contributed by atoms with Crippen LogP contribution in [0.1, 0.15) is 11.1 Å². The largest absolute Gasteiger partial charge is 0.497 e. The summed E-state index contributed by atoms with van der Waals surface area (Å²) in [5.74, 6) is 0.418. The number of ether oxygens (including phenoxy) is 1. The van der Waals surface area contributed by atoms with Crippen LogP contribution in [0.4, 0.5) is 11.4 Å². The molecular weight excluding hydrogens is 458 g/mol. The Labute approximate surface area is 199 Å². The van der Waals surface area contributed by atoms with E-state index in [1.165, 1.54) is 29.6 Å². The number of thioether (sulfide) groups is 1. The van der Waals surface area contributed by atoms with Crippen LogP contribution >= 0.6 is 23.5 Å². The highest BCUT2D eigenvalue weighted by molar-refractivity contribution is 8.18. The van der Waals surface area contributed by atoms with Crippen molar-refractivity contribution in [2.75, 3.05) is 7.11 Å². The highest BCUT2D eigenvalue weighted by Gasteiger charge is 2.24. The van der Waals surface area contributed by atoms with Gasteiger partial charge < -0.3 is 10.1 Å². The Morgan fingerprint density at radius 3 is 2.48 bits per heavy atom. The molecule has 1 saturated heterocycles. The number of nitro groups is 1. The molecule has 7 nitrogen and oxygen atoms in total. The molecule has 4 rings (SSSR count). The van der Waals surface area contributed by atoms with Crippen LogP contribution < -0.4 is 10.1 Å². The van der Waals surface area contributed by atoms with E-state index in [1.807, 2.05) is 31.2 Å². The molecule has 0 atom stereocenters. The maximum Gasteiger partial charge on any atom is 0.283 e. The fraction of sp³-hybridized carbons (Fsp3) is 0.0833. The van der Waals surface area contributed by atoms with Gasteiger partial charge in [-0.25, -0.2) is 4.99 Å². The van der Waals surface area contributed by atoms with Crippen molar-refractivity contribution in [1.29, 1.82) is 0 Å². The van der Waals surface area contributed by atoms with Crippen molar-refractivity contribution in [2.24, 2.45) is 4.99 Å². The van der Waals surface area contributed by atoms with Crippen LogP contribution in [0.15, 0.2) is 86.4 Å². The lowest BCUT2D eigenvalue weighted by Gasteiger charge is -2.05. The molecule has 3 aromatic rings. The van der Waals surface area contributed by atoms with Crippen molar-refractivity contribution in [2.45, 2.75) is 16.7 Å². The van der Waals surface area contributed by atoms with Gasteiger partial charge in [-0.15, -0.1) is 0 Å². The molecule has 0 spiro atoms. The maximum absolute atomic E-state index is 12.4. The van der Waals surface area contributed by atoms with Crippen LogP contribution in [-0.2, 0) is 4.79 Å². The van der Waals surface area contributed by atoms with Gasteiger partial charge in [0.15, 0.2) is 5.17 Å². The van der Waals surface area contributed by atoms with Gasteiger partial charge in [-0.3, -0.25) is 14.9 Å². The van der Waals surface area contributed by atoms with Crippen LogP contribution in [0, 0.1) is 17.0 Å².